The van der Waals surface area contributed by atoms with Gasteiger partial charge < -0.3 is 10.2 Å². The van der Waals surface area contributed by atoms with Crippen LogP contribution in [0.4, 0.5) is 9.18 Å². The molecule has 0 bridgehead atoms. The van der Waals surface area contributed by atoms with E-state index in [1.165, 1.54) is 28.8 Å². The van der Waals surface area contributed by atoms with E-state index in [2.05, 4.69) is 5.32 Å². The number of halogens is 1. The van der Waals surface area contributed by atoms with E-state index < -0.39 is 0 Å². The van der Waals surface area contributed by atoms with Gasteiger partial charge in [-0.15, -0.1) is 0 Å². The largest absolute Gasteiger partial charge is 0.348 e. The molecule has 1 aromatic carbocycles. The fourth-order valence-electron chi connectivity index (χ4n) is 1.86. The molecule has 1 heterocycles. The zero-order chi connectivity index (χ0) is 13.8. The molecule has 1 aliphatic rings. The second-order valence-electron chi connectivity index (χ2n) is 4.38. The topological polar surface area (TPSA) is 49.4 Å². The number of nitrogens with one attached hydrogen (secondary N) is 1. The van der Waals surface area contributed by atoms with Crippen LogP contribution < -0.4 is 5.32 Å². The number of benzene rings is 1. The van der Waals surface area contributed by atoms with Gasteiger partial charge in [0.1, 0.15) is 12.4 Å². The molecule has 1 aromatic rings. The monoisotopic (exact) mass is 282 g/mol. The van der Waals surface area contributed by atoms with Crippen molar-refractivity contribution in [3.05, 3.63) is 35.6 Å². The summed E-state index contributed by atoms with van der Waals surface area (Å²) in [7, 11) is 0. The molecule has 0 spiro atoms. The van der Waals surface area contributed by atoms with Crippen LogP contribution >= 0.6 is 11.8 Å². The number of thioether (sulfide) groups is 1. The molecule has 1 fully saturated rings. The van der Waals surface area contributed by atoms with Gasteiger partial charge >= 0.3 is 0 Å². The molecule has 1 N–H and O–H groups in total. The lowest BCUT2D eigenvalue weighted by molar-refractivity contribution is -0.122. The summed E-state index contributed by atoms with van der Waals surface area (Å²) < 4.78 is 12.8. The molecule has 1 aliphatic heterocycles. The molecule has 1 saturated heterocycles. The van der Waals surface area contributed by atoms with E-state index in [9.17, 15) is 14.0 Å². The minimum atomic E-state index is -0.304. The molecule has 0 radical (unpaired) electrons. The summed E-state index contributed by atoms with van der Waals surface area (Å²) in [5.74, 6) is 0.231. The van der Waals surface area contributed by atoms with E-state index in [1.54, 1.807) is 12.1 Å². The van der Waals surface area contributed by atoms with Crippen LogP contribution in [-0.2, 0) is 4.79 Å². The Bertz CT molecular complexity index is 478. The molecule has 0 unspecified atom stereocenters. The maximum atomic E-state index is 12.8. The maximum Gasteiger partial charge on any atom is 0.282 e. The van der Waals surface area contributed by atoms with Crippen molar-refractivity contribution >= 4 is 22.9 Å². The summed E-state index contributed by atoms with van der Waals surface area (Å²) >= 11 is 1.23. The molecular weight excluding hydrogens is 267 g/mol. The van der Waals surface area contributed by atoms with Crippen LogP contribution in [0.5, 0.6) is 0 Å². The SMILES string of the molecule is C[C@H](NC(=O)CN1CCSC1=O)c1ccc(F)cc1. The minimum Gasteiger partial charge on any atom is -0.348 e. The number of amides is 2. The van der Waals surface area contributed by atoms with Crippen molar-refractivity contribution in [2.45, 2.75) is 13.0 Å². The third-order valence-electron chi connectivity index (χ3n) is 2.93. The smallest absolute Gasteiger partial charge is 0.282 e. The molecule has 6 heteroatoms. The standard InChI is InChI=1S/C13H15FN2O2S/c1-9(10-2-4-11(14)5-3-10)15-12(17)8-16-6-7-19-13(16)18/h2-5,9H,6-8H2,1H3,(H,15,17)/t9-/m0/s1. The van der Waals surface area contributed by atoms with Gasteiger partial charge in [0.15, 0.2) is 0 Å². The molecule has 102 valence electrons. The molecular formula is C13H15FN2O2S. The van der Waals surface area contributed by atoms with Gasteiger partial charge in [0.05, 0.1) is 6.04 Å². The van der Waals surface area contributed by atoms with E-state index in [1.807, 2.05) is 6.92 Å². The van der Waals surface area contributed by atoms with Gasteiger partial charge in [0, 0.05) is 12.3 Å². The van der Waals surface area contributed by atoms with E-state index in [4.69, 9.17) is 0 Å². The highest BCUT2D eigenvalue weighted by Crippen LogP contribution is 2.17. The van der Waals surface area contributed by atoms with Gasteiger partial charge in [0.25, 0.3) is 5.24 Å². The maximum absolute atomic E-state index is 12.8. The molecule has 1 atom stereocenters. The van der Waals surface area contributed by atoms with E-state index in [0.29, 0.717) is 6.54 Å². The first-order valence-electron chi connectivity index (χ1n) is 6.03. The summed E-state index contributed by atoms with van der Waals surface area (Å²) in [6, 6.07) is 5.78. The predicted octanol–water partition coefficient (Wildman–Crippen LogP) is 2.17. The summed E-state index contributed by atoms with van der Waals surface area (Å²) in [5, 5.41) is 2.75. The summed E-state index contributed by atoms with van der Waals surface area (Å²) in [6.45, 7) is 2.52. The number of carbonyl (C=O) groups excluding carboxylic acids is 2. The van der Waals surface area contributed by atoms with Gasteiger partial charge in [0.2, 0.25) is 5.91 Å². The van der Waals surface area contributed by atoms with Crippen molar-refractivity contribution in [1.29, 1.82) is 0 Å². The normalized spacial score (nSPS) is 16.5. The van der Waals surface area contributed by atoms with Gasteiger partial charge in [-0.2, -0.15) is 0 Å². The Kier molecular flexibility index (Phi) is 4.42. The third kappa shape index (κ3) is 3.70. The predicted molar refractivity (Wildman–Crippen MR) is 72.4 cm³/mol. The van der Waals surface area contributed by atoms with Gasteiger partial charge in [-0.05, 0) is 24.6 Å². The highest BCUT2D eigenvalue weighted by Gasteiger charge is 2.23. The lowest BCUT2D eigenvalue weighted by Gasteiger charge is -2.18. The van der Waals surface area contributed by atoms with Gasteiger partial charge in [-0.25, -0.2) is 4.39 Å². The quantitative estimate of drug-likeness (QED) is 0.920. The number of carbonyl (C=O) groups is 2. The van der Waals surface area contributed by atoms with Gasteiger partial charge in [-0.1, -0.05) is 23.9 Å². The number of nitrogens with zero attached hydrogens (tertiary/aromatic N) is 1. The van der Waals surface area contributed by atoms with Crippen molar-refractivity contribution in [2.24, 2.45) is 0 Å². The van der Waals surface area contributed by atoms with Crippen molar-refractivity contribution in [1.82, 2.24) is 10.2 Å². The van der Waals surface area contributed by atoms with E-state index in [0.717, 1.165) is 11.3 Å². The first-order valence-corrected chi connectivity index (χ1v) is 7.01. The molecule has 0 saturated carbocycles. The Balaban J connectivity index is 1.87. The molecule has 4 nitrogen and oxygen atoms in total. The van der Waals surface area contributed by atoms with Gasteiger partial charge in [-0.3, -0.25) is 9.59 Å². The molecule has 0 aromatic heterocycles. The Morgan fingerprint density at radius 3 is 2.74 bits per heavy atom. The third-order valence-corrected chi connectivity index (χ3v) is 3.82. The first kappa shape index (κ1) is 13.9. The molecule has 0 aliphatic carbocycles. The van der Waals surface area contributed by atoms with E-state index >= 15 is 0 Å². The van der Waals surface area contributed by atoms with Crippen LogP contribution in [0.15, 0.2) is 24.3 Å². The fraction of sp³-hybridized carbons (Fsp3) is 0.385. The van der Waals surface area contributed by atoms with Crippen LogP contribution in [0, 0.1) is 5.82 Å². The zero-order valence-electron chi connectivity index (χ0n) is 10.6. The Labute approximate surface area is 115 Å². The average Bonchev–Trinajstić information content (AvgIpc) is 2.75. The highest BCUT2D eigenvalue weighted by molar-refractivity contribution is 8.13. The zero-order valence-corrected chi connectivity index (χ0v) is 11.4. The van der Waals surface area contributed by atoms with Crippen LogP contribution in [-0.4, -0.2) is 34.9 Å². The molecule has 2 rings (SSSR count). The van der Waals surface area contributed by atoms with Crippen molar-refractivity contribution in [3.8, 4) is 0 Å². The van der Waals surface area contributed by atoms with Crippen molar-refractivity contribution < 1.29 is 14.0 Å². The highest BCUT2D eigenvalue weighted by atomic mass is 32.2. The lowest BCUT2D eigenvalue weighted by Crippen LogP contribution is -2.38. The van der Waals surface area contributed by atoms with Crippen LogP contribution in [0.1, 0.15) is 18.5 Å². The summed E-state index contributed by atoms with van der Waals surface area (Å²) in [6.07, 6.45) is 0. The number of hydrogen-bond acceptors (Lipinski definition) is 3. The van der Waals surface area contributed by atoms with Crippen LogP contribution in [0.25, 0.3) is 0 Å². The Hall–Kier alpha value is -1.56. The average molecular weight is 282 g/mol. The van der Waals surface area contributed by atoms with Crippen LogP contribution in [0.2, 0.25) is 0 Å². The Morgan fingerprint density at radius 2 is 2.16 bits per heavy atom. The van der Waals surface area contributed by atoms with Crippen molar-refractivity contribution in [2.75, 3.05) is 18.8 Å². The fourth-order valence-corrected chi connectivity index (χ4v) is 2.69. The molecule has 19 heavy (non-hydrogen) atoms. The second-order valence-corrected chi connectivity index (χ2v) is 5.42. The molecule has 2 amide bonds. The summed E-state index contributed by atoms with van der Waals surface area (Å²) in [4.78, 5) is 24.7. The van der Waals surface area contributed by atoms with Crippen molar-refractivity contribution in [3.63, 3.8) is 0 Å². The lowest BCUT2D eigenvalue weighted by atomic mass is 10.1. The number of rotatable bonds is 4. The second kappa shape index (κ2) is 6.06. The summed E-state index contributed by atoms with van der Waals surface area (Å²) in [5.41, 5.74) is 0.830. The van der Waals surface area contributed by atoms with Crippen LogP contribution in [0.3, 0.4) is 0 Å². The number of hydrogen-bond donors (Lipinski definition) is 1. The van der Waals surface area contributed by atoms with E-state index in [-0.39, 0.29) is 29.6 Å². The Morgan fingerprint density at radius 1 is 1.47 bits per heavy atom. The first-order chi connectivity index (χ1) is 9.06. The minimum absolute atomic E-state index is 0.0513.